The first-order valence-corrected chi connectivity index (χ1v) is 5.65. The normalized spacial score (nSPS) is 43.5. The Balaban J connectivity index is 2.33. The predicted molar refractivity (Wildman–Crippen MR) is 53.4 cm³/mol. The Hall–Kier alpha value is -0.330. The highest BCUT2D eigenvalue weighted by Crippen LogP contribution is 2.60. The van der Waals surface area contributed by atoms with Gasteiger partial charge in [0, 0.05) is 11.8 Å². The second kappa shape index (κ2) is 2.83. The van der Waals surface area contributed by atoms with Gasteiger partial charge in [0.25, 0.3) is 0 Å². The lowest BCUT2D eigenvalue weighted by molar-refractivity contribution is -0.128. The van der Waals surface area contributed by atoms with Crippen LogP contribution in [0.1, 0.15) is 46.5 Å². The fourth-order valence-corrected chi connectivity index (χ4v) is 4.03. The van der Waals surface area contributed by atoms with Crippen molar-refractivity contribution in [2.75, 3.05) is 0 Å². The zero-order valence-corrected chi connectivity index (χ0v) is 8.97. The van der Waals surface area contributed by atoms with Gasteiger partial charge in [-0.1, -0.05) is 20.8 Å². The smallest absolute Gasteiger partial charge is 0.139 e. The summed E-state index contributed by atoms with van der Waals surface area (Å²) in [5.41, 5.74) is 0.110. The molecular formula is C12H20O. The van der Waals surface area contributed by atoms with Crippen molar-refractivity contribution in [3.8, 4) is 0 Å². The number of carbonyl (C=O) groups is 1. The summed E-state index contributed by atoms with van der Waals surface area (Å²) < 4.78 is 0. The quantitative estimate of drug-likeness (QED) is 0.638. The average Bonchev–Trinajstić information content (AvgIpc) is 2.56. The number of rotatable bonds is 2. The molecule has 3 atom stereocenters. The molecule has 13 heavy (non-hydrogen) atoms. The van der Waals surface area contributed by atoms with Crippen LogP contribution in [0, 0.1) is 23.2 Å². The van der Waals surface area contributed by atoms with Gasteiger partial charge in [-0.05, 0) is 37.0 Å². The fraction of sp³-hybridized carbons (Fsp3) is 0.917. The second-order valence-corrected chi connectivity index (χ2v) is 5.21. The van der Waals surface area contributed by atoms with Crippen molar-refractivity contribution in [2.45, 2.75) is 46.5 Å². The summed E-state index contributed by atoms with van der Waals surface area (Å²) in [4.78, 5) is 11.9. The van der Waals surface area contributed by atoms with Gasteiger partial charge >= 0.3 is 0 Å². The van der Waals surface area contributed by atoms with E-state index in [0.29, 0.717) is 17.6 Å². The summed E-state index contributed by atoms with van der Waals surface area (Å²) in [6.45, 7) is 6.76. The minimum Gasteiger partial charge on any atom is -0.299 e. The largest absolute Gasteiger partial charge is 0.299 e. The number of fused-ring (bicyclic) bond motifs is 2. The molecule has 0 radical (unpaired) electrons. The zero-order valence-electron chi connectivity index (χ0n) is 8.97. The lowest BCUT2D eigenvalue weighted by Crippen LogP contribution is -2.31. The first kappa shape index (κ1) is 9.23. The molecule has 2 saturated carbocycles. The van der Waals surface area contributed by atoms with Crippen LogP contribution in [0.2, 0.25) is 0 Å². The van der Waals surface area contributed by atoms with Gasteiger partial charge in [0.1, 0.15) is 5.78 Å². The van der Waals surface area contributed by atoms with Gasteiger partial charge in [-0.2, -0.15) is 0 Å². The van der Waals surface area contributed by atoms with E-state index in [-0.39, 0.29) is 5.41 Å². The Bertz CT molecular complexity index is 231. The van der Waals surface area contributed by atoms with Gasteiger partial charge in [-0.15, -0.1) is 0 Å². The molecule has 0 saturated heterocycles. The minimum atomic E-state index is 0.110. The van der Waals surface area contributed by atoms with Crippen LogP contribution in [0.25, 0.3) is 0 Å². The van der Waals surface area contributed by atoms with E-state index in [4.69, 9.17) is 0 Å². The number of ketones is 1. The Morgan fingerprint density at radius 1 is 1.54 bits per heavy atom. The molecule has 0 aromatic rings. The molecule has 1 nitrogen and oxygen atoms in total. The summed E-state index contributed by atoms with van der Waals surface area (Å²) in [7, 11) is 0. The summed E-state index contributed by atoms with van der Waals surface area (Å²) in [5, 5.41) is 0. The monoisotopic (exact) mass is 180 g/mol. The van der Waals surface area contributed by atoms with Crippen LogP contribution in [0.15, 0.2) is 0 Å². The van der Waals surface area contributed by atoms with Gasteiger partial charge in [0.15, 0.2) is 0 Å². The number of hydrogen-bond donors (Lipinski definition) is 0. The van der Waals surface area contributed by atoms with E-state index in [1.807, 2.05) is 0 Å². The van der Waals surface area contributed by atoms with Gasteiger partial charge in [-0.3, -0.25) is 4.79 Å². The topological polar surface area (TPSA) is 17.1 Å². The van der Waals surface area contributed by atoms with Crippen molar-refractivity contribution < 1.29 is 4.79 Å². The highest BCUT2D eigenvalue weighted by Gasteiger charge is 2.58. The maximum atomic E-state index is 11.9. The van der Waals surface area contributed by atoms with Crippen molar-refractivity contribution in [1.82, 2.24) is 0 Å². The van der Waals surface area contributed by atoms with Gasteiger partial charge < -0.3 is 0 Å². The van der Waals surface area contributed by atoms with Crippen LogP contribution >= 0.6 is 0 Å². The van der Waals surface area contributed by atoms with E-state index >= 15 is 0 Å². The molecule has 0 spiro atoms. The fourth-order valence-electron chi connectivity index (χ4n) is 4.03. The number of carbonyl (C=O) groups excluding carboxylic acids is 1. The third kappa shape index (κ3) is 1.02. The molecule has 0 aliphatic heterocycles. The molecule has 2 fully saturated rings. The van der Waals surface area contributed by atoms with E-state index in [1.54, 1.807) is 0 Å². The van der Waals surface area contributed by atoms with Crippen molar-refractivity contribution in [3.63, 3.8) is 0 Å². The molecule has 3 unspecified atom stereocenters. The Morgan fingerprint density at radius 3 is 2.62 bits per heavy atom. The first-order valence-electron chi connectivity index (χ1n) is 5.65. The molecule has 0 aromatic heterocycles. The van der Waals surface area contributed by atoms with E-state index in [0.717, 1.165) is 18.8 Å². The maximum Gasteiger partial charge on any atom is 0.139 e. The molecular weight excluding hydrogens is 160 g/mol. The molecule has 2 aliphatic rings. The molecule has 1 heteroatoms. The van der Waals surface area contributed by atoms with Crippen molar-refractivity contribution in [3.05, 3.63) is 0 Å². The van der Waals surface area contributed by atoms with E-state index in [2.05, 4.69) is 20.8 Å². The molecule has 0 amide bonds. The van der Waals surface area contributed by atoms with Gasteiger partial charge in [-0.25, -0.2) is 0 Å². The molecule has 74 valence electrons. The summed E-state index contributed by atoms with van der Waals surface area (Å²) in [6, 6.07) is 0. The van der Waals surface area contributed by atoms with E-state index in [1.165, 1.54) is 12.8 Å². The van der Waals surface area contributed by atoms with Gasteiger partial charge in [0.2, 0.25) is 0 Å². The third-order valence-corrected chi connectivity index (χ3v) is 4.46. The van der Waals surface area contributed by atoms with Crippen LogP contribution in [0.5, 0.6) is 0 Å². The van der Waals surface area contributed by atoms with Crippen LogP contribution < -0.4 is 0 Å². The SMILES string of the molecule is CCC12CCC(CC1=O)C2C(C)C. The van der Waals surface area contributed by atoms with E-state index < -0.39 is 0 Å². The molecule has 0 aromatic carbocycles. The van der Waals surface area contributed by atoms with Gasteiger partial charge in [0.05, 0.1) is 0 Å². The minimum absolute atomic E-state index is 0.110. The molecule has 2 rings (SSSR count). The Labute approximate surface area is 80.9 Å². The zero-order chi connectivity index (χ0) is 9.64. The maximum absolute atomic E-state index is 11.9. The van der Waals surface area contributed by atoms with Crippen LogP contribution in [-0.2, 0) is 4.79 Å². The van der Waals surface area contributed by atoms with Crippen molar-refractivity contribution in [2.24, 2.45) is 23.2 Å². The highest BCUT2D eigenvalue weighted by molar-refractivity contribution is 5.88. The first-order chi connectivity index (χ1) is 6.12. The van der Waals surface area contributed by atoms with Crippen LogP contribution in [-0.4, -0.2) is 5.78 Å². The standard InChI is InChI=1S/C12H20O/c1-4-12-6-5-9(7-10(12)13)11(12)8(2)3/h8-9,11H,4-7H2,1-3H3. The summed E-state index contributed by atoms with van der Waals surface area (Å²) in [5.74, 6) is 2.70. The second-order valence-electron chi connectivity index (χ2n) is 5.21. The molecule has 2 bridgehead atoms. The van der Waals surface area contributed by atoms with Crippen LogP contribution in [0.3, 0.4) is 0 Å². The summed E-state index contributed by atoms with van der Waals surface area (Å²) >= 11 is 0. The van der Waals surface area contributed by atoms with Crippen LogP contribution in [0.4, 0.5) is 0 Å². The lowest BCUT2D eigenvalue weighted by atomic mass is 9.71. The number of hydrogen-bond acceptors (Lipinski definition) is 1. The lowest BCUT2D eigenvalue weighted by Gasteiger charge is -2.31. The highest BCUT2D eigenvalue weighted by atomic mass is 16.1. The Morgan fingerprint density at radius 2 is 2.23 bits per heavy atom. The Kier molecular flexibility index (Phi) is 2.01. The van der Waals surface area contributed by atoms with Crippen molar-refractivity contribution >= 4 is 5.78 Å². The third-order valence-electron chi connectivity index (χ3n) is 4.46. The van der Waals surface area contributed by atoms with E-state index in [9.17, 15) is 4.79 Å². The average molecular weight is 180 g/mol. The molecule has 0 N–H and O–H groups in total. The van der Waals surface area contributed by atoms with Crippen molar-refractivity contribution in [1.29, 1.82) is 0 Å². The number of Topliss-reactive ketones (excluding diaryl/α,β-unsaturated/α-hetero) is 1. The molecule has 0 heterocycles. The summed E-state index contributed by atoms with van der Waals surface area (Å²) in [6.07, 6.45) is 4.44. The predicted octanol–water partition coefficient (Wildman–Crippen LogP) is 3.04. The molecule has 2 aliphatic carbocycles.